The maximum absolute atomic E-state index is 5.98. The third-order valence-electron chi connectivity index (χ3n) is 1.99. The molecular weight excluding hydrogens is 186 g/mol. The molecule has 0 rings (SSSR count). The molecule has 2 N–H and O–H groups in total. The first-order valence-electron chi connectivity index (χ1n) is 6.02. The predicted octanol–water partition coefficient (Wildman–Crippen LogP) is 2.33. The monoisotopic (exact) mass is 213 g/mol. The summed E-state index contributed by atoms with van der Waals surface area (Å²) in [6, 6.07) is 0. The lowest BCUT2D eigenvalue weighted by Gasteiger charge is -2.27. The molecule has 0 aliphatic carbocycles. The average molecular weight is 213 g/mol. The summed E-state index contributed by atoms with van der Waals surface area (Å²) in [5, 5.41) is 0. The van der Waals surface area contributed by atoms with Crippen LogP contribution in [-0.4, -0.2) is 30.5 Å². The van der Waals surface area contributed by atoms with E-state index in [0.29, 0.717) is 17.8 Å². The van der Waals surface area contributed by atoms with E-state index in [2.05, 4.69) is 44.5 Å². The highest BCUT2D eigenvalue weighted by molar-refractivity contribution is 5.78. The minimum atomic E-state index is 0.624. The Kier molecular flexibility index (Phi) is 7.18. The maximum atomic E-state index is 5.98. The van der Waals surface area contributed by atoms with Gasteiger partial charge in [0.05, 0.1) is 0 Å². The minimum Gasteiger partial charge on any atom is -0.370 e. The van der Waals surface area contributed by atoms with Gasteiger partial charge in [-0.3, -0.25) is 4.99 Å². The first-order valence-corrected chi connectivity index (χ1v) is 6.02. The fraction of sp³-hybridized carbons (Fsp3) is 0.917. The van der Waals surface area contributed by atoms with Crippen LogP contribution in [0.3, 0.4) is 0 Å². The topological polar surface area (TPSA) is 41.6 Å². The number of guanidine groups is 1. The molecule has 0 bridgehead atoms. The van der Waals surface area contributed by atoms with Crippen molar-refractivity contribution in [1.29, 1.82) is 0 Å². The van der Waals surface area contributed by atoms with Gasteiger partial charge in [-0.15, -0.1) is 0 Å². The normalized spacial score (nSPS) is 12.6. The van der Waals surface area contributed by atoms with E-state index in [-0.39, 0.29) is 0 Å². The van der Waals surface area contributed by atoms with Crippen LogP contribution >= 0.6 is 0 Å². The maximum Gasteiger partial charge on any atom is 0.191 e. The van der Waals surface area contributed by atoms with E-state index in [0.717, 1.165) is 26.1 Å². The van der Waals surface area contributed by atoms with E-state index in [1.807, 2.05) is 0 Å². The van der Waals surface area contributed by atoms with Crippen molar-refractivity contribution in [2.24, 2.45) is 22.6 Å². The summed E-state index contributed by atoms with van der Waals surface area (Å²) in [4.78, 5) is 6.57. The standard InChI is InChI=1S/C12H27N3/c1-6-7-14-12(13)15(8-10(2)3)9-11(4)5/h10-11H,6-9H2,1-5H3,(H2,13,14). The van der Waals surface area contributed by atoms with E-state index < -0.39 is 0 Å². The first kappa shape index (κ1) is 14.3. The fourth-order valence-corrected chi connectivity index (χ4v) is 1.47. The molecule has 0 aromatic carbocycles. The molecule has 0 radical (unpaired) electrons. The Labute approximate surface area is 94.7 Å². The van der Waals surface area contributed by atoms with Gasteiger partial charge in [-0.25, -0.2) is 0 Å². The van der Waals surface area contributed by atoms with Crippen LogP contribution in [0, 0.1) is 11.8 Å². The molecule has 90 valence electrons. The Hall–Kier alpha value is -0.730. The van der Waals surface area contributed by atoms with Gasteiger partial charge in [-0.1, -0.05) is 34.6 Å². The van der Waals surface area contributed by atoms with Crippen molar-refractivity contribution in [3.63, 3.8) is 0 Å². The zero-order valence-corrected chi connectivity index (χ0v) is 11.0. The van der Waals surface area contributed by atoms with Gasteiger partial charge in [-0.2, -0.15) is 0 Å². The summed E-state index contributed by atoms with van der Waals surface area (Å²) in [7, 11) is 0. The molecule has 0 atom stereocenters. The van der Waals surface area contributed by atoms with Crippen LogP contribution in [0.15, 0.2) is 4.99 Å². The number of hydrogen-bond donors (Lipinski definition) is 1. The first-order chi connectivity index (χ1) is 6.97. The highest BCUT2D eigenvalue weighted by Crippen LogP contribution is 2.03. The number of nitrogens with zero attached hydrogens (tertiary/aromatic N) is 2. The van der Waals surface area contributed by atoms with E-state index in [4.69, 9.17) is 5.73 Å². The van der Waals surface area contributed by atoms with Gasteiger partial charge in [0.15, 0.2) is 5.96 Å². The van der Waals surface area contributed by atoms with E-state index in [1.165, 1.54) is 0 Å². The third-order valence-corrected chi connectivity index (χ3v) is 1.99. The second kappa shape index (κ2) is 7.55. The summed E-state index contributed by atoms with van der Waals surface area (Å²) in [6.07, 6.45) is 1.05. The molecule has 3 heteroatoms. The van der Waals surface area contributed by atoms with Gasteiger partial charge in [0.25, 0.3) is 0 Å². The van der Waals surface area contributed by atoms with Gasteiger partial charge in [0, 0.05) is 19.6 Å². The number of rotatable bonds is 6. The molecule has 0 saturated carbocycles. The number of hydrogen-bond acceptors (Lipinski definition) is 1. The van der Waals surface area contributed by atoms with Crippen LogP contribution in [-0.2, 0) is 0 Å². The van der Waals surface area contributed by atoms with Crippen molar-refractivity contribution in [3.05, 3.63) is 0 Å². The Balaban J connectivity index is 4.32. The summed E-state index contributed by atoms with van der Waals surface area (Å²) >= 11 is 0. The largest absolute Gasteiger partial charge is 0.370 e. The average Bonchev–Trinajstić information content (AvgIpc) is 2.11. The van der Waals surface area contributed by atoms with Gasteiger partial charge in [-0.05, 0) is 18.3 Å². The van der Waals surface area contributed by atoms with Gasteiger partial charge >= 0.3 is 0 Å². The van der Waals surface area contributed by atoms with Crippen molar-refractivity contribution in [1.82, 2.24) is 4.90 Å². The quantitative estimate of drug-likeness (QED) is 0.543. The second-order valence-electron chi connectivity index (χ2n) is 4.93. The Morgan fingerprint density at radius 3 is 1.93 bits per heavy atom. The molecule has 0 amide bonds. The molecule has 0 aromatic rings. The molecule has 0 aliphatic heterocycles. The SMILES string of the molecule is CCCN=C(N)N(CC(C)C)CC(C)C. The number of nitrogens with two attached hydrogens (primary N) is 1. The van der Waals surface area contributed by atoms with Crippen molar-refractivity contribution in [3.8, 4) is 0 Å². The van der Waals surface area contributed by atoms with Crippen molar-refractivity contribution < 1.29 is 0 Å². The van der Waals surface area contributed by atoms with Crippen molar-refractivity contribution in [2.75, 3.05) is 19.6 Å². The summed E-state index contributed by atoms with van der Waals surface area (Å²) in [5.74, 6) is 1.96. The zero-order chi connectivity index (χ0) is 11.8. The van der Waals surface area contributed by atoms with Crippen LogP contribution in [0.1, 0.15) is 41.0 Å². The summed E-state index contributed by atoms with van der Waals surface area (Å²) in [5.41, 5.74) is 5.98. The fourth-order valence-electron chi connectivity index (χ4n) is 1.47. The van der Waals surface area contributed by atoms with Crippen LogP contribution in [0.2, 0.25) is 0 Å². The molecule has 3 nitrogen and oxygen atoms in total. The van der Waals surface area contributed by atoms with Crippen LogP contribution in [0.5, 0.6) is 0 Å². The minimum absolute atomic E-state index is 0.624. The predicted molar refractivity (Wildman–Crippen MR) is 68.0 cm³/mol. The van der Waals surface area contributed by atoms with Gasteiger partial charge in [0.2, 0.25) is 0 Å². The molecule has 0 spiro atoms. The van der Waals surface area contributed by atoms with Crippen LogP contribution in [0.4, 0.5) is 0 Å². The van der Waals surface area contributed by atoms with E-state index in [9.17, 15) is 0 Å². The molecular formula is C12H27N3. The van der Waals surface area contributed by atoms with E-state index in [1.54, 1.807) is 0 Å². The van der Waals surface area contributed by atoms with Crippen molar-refractivity contribution in [2.45, 2.75) is 41.0 Å². The lowest BCUT2D eigenvalue weighted by Crippen LogP contribution is -2.42. The zero-order valence-electron chi connectivity index (χ0n) is 11.0. The molecule has 0 aromatic heterocycles. The second-order valence-corrected chi connectivity index (χ2v) is 4.93. The lowest BCUT2D eigenvalue weighted by atomic mass is 10.1. The van der Waals surface area contributed by atoms with Gasteiger partial charge in [0.1, 0.15) is 0 Å². The molecule has 15 heavy (non-hydrogen) atoms. The lowest BCUT2D eigenvalue weighted by molar-refractivity contribution is 0.324. The molecule has 0 heterocycles. The van der Waals surface area contributed by atoms with Crippen molar-refractivity contribution >= 4 is 5.96 Å². The highest BCUT2D eigenvalue weighted by atomic mass is 15.2. The summed E-state index contributed by atoms with van der Waals surface area (Å²) < 4.78 is 0. The Morgan fingerprint density at radius 2 is 1.60 bits per heavy atom. The third kappa shape index (κ3) is 7.23. The Morgan fingerprint density at radius 1 is 1.13 bits per heavy atom. The molecule has 0 aliphatic rings. The van der Waals surface area contributed by atoms with Gasteiger partial charge < -0.3 is 10.6 Å². The molecule has 0 fully saturated rings. The van der Waals surface area contributed by atoms with E-state index >= 15 is 0 Å². The smallest absolute Gasteiger partial charge is 0.191 e. The van der Waals surface area contributed by atoms with Crippen LogP contribution < -0.4 is 5.73 Å². The number of aliphatic imine (C=N–C) groups is 1. The molecule has 0 saturated heterocycles. The summed E-state index contributed by atoms with van der Waals surface area (Å²) in [6.45, 7) is 13.8. The highest BCUT2D eigenvalue weighted by Gasteiger charge is 2.11. The van der Waals surface area contributed by atoms with Crippen LogP contribution in [0.25, 0.3) is 0 Å². The molecule has 0 unspecified atom stereocenters. The Bertz CT molecular complexity index is 175.